The van der Waals surface area contributed by atoms with Gasteiger partial charge < -0.3 is 19.7 Å². The highest BCUT2D eigenvalue weighted by Crippen LogP contribution is 2.44. The van der Waals surface area contributed by atoms with Crippen LogP contribution in [0.25, 0.3) is 22.3 Å². The van der Waals surface area contributed by atoms with Crippen LogP contribution in [-0.4, -0.2) is 57.1 Å². The highest BCUT2D eigenvalue weighted by atomic mass is 35.5. The van der Waals surface area contributed by atoms with Gasteiger partial charge in [-0.1, -0.05) is 72.3 Å². The van der Waals surface area contributed by atoms with Gasteiger partial charge in [0.25, 0.3) is 0 Å². The Labute approximate surface area is 344 Å². The molecule has 1 saturated heterocycles. The van der Waals surface area contributed by atoms with E-state index in [1.54, 1.807) is 24.4 Å². The first-order valence-electron chi connectivity index (χ1n) is 19.4. The molecule has 10 nitrogen and oxygen atoms in total. The fraction of sp³-hybridized carbons (Fsp3) is 0.319. The summed E-state index contributed by atoms with van der Waals surface area (Å²) in [7, 11) is 0. The molecule has 1 aliphatic carbocycles. The summed E-state index contributed by atoms with van der Waals surface area (Å²) in [6, 6.07) is 28.5. The zero-order chi connectivity index (χ0) is 41.0. The number of hydrogen-bond donors (Lipinski definition) is 3. The van der Waals surface area contributed by atoms with Gasteiger partial charge in [0.05, 0.1) is 17.2 Å². The predicted molar refractivity (Wildman–Crippen MR) is 222 cm³/mol. The van der Waals surface area contributed by atoms with Crippen molar-refractivity contribution < 1.29 is 29.3 Å². The Morgan fingerprint density at radius 2 is 1.64 bits per heavy atom. The zero-order valence-corrected chi connectivity index (χ0v) is 33.7. The van der Waals surface area contributed by atoms with Gasteiger partial charge in [0.15, 0.2) is 0 Å². The molecule has 0 radical (unpaired) electrons. The standard InChI is InChI=1S/C47H47ClN4O6/c1-30-36(26-58-44-18-43(57-25-34-16-33(20-49)21-50-22-34)37(17-42(44)48)23-51-46(3,29-53)45(55)56)6-4-8-40(30)41-9-5-7-39(31(41)2)35-12-10-32(11-13-35)24-52-27-47(28-52)15-14-38(54)19-47/h4-13,16-18,21-22,51,53H,14-15,19,23-29H2,1-3H3,(H,55,56)/t46-/m0/s1. The fourth-order valence-electron chi connectivity index (χ4n) is 8.10. The minimum Gasteiger partial charge on any atom is -0.488 e. The van der Waals surface area contributed by atoms with Crippen molar-refractivity contribution in [2.45, 2.75) is 71.9 Å². The number of rotatable bonds is 15. The van der Waals surface area contributed by atoms with E-state index in [2.05, 4.69) is 83.6 Å². The minimum absolute atomic E-state index is 0.0299. The van der Waals surface area contributed by atoms with Crippen LogP contribution >= 0.6 is 11.6 Å². The number of carbonyl (C=O) groups is 2. The third-order valence-corrected chi connectivity index (χ3v) is 11.9. The Morgan fingerprint density at radius 1 is 0.931 bits per heavy atom. The van der Waals surface area contributed by atoms with E-state index >= 15 is 0 Å². The predicted octanol–water partition coefficient (Wildman–Crippen LogP) is 8.20. The van der Waals surface area contributed by atoms with Gasteiger partial charge in [-0.15, -0.1) is 0 Å². The first kappa shape index (κ1) is 40.6. The lowest BCUT2D eigenvalue weighted by atomic mass is 9.78. The van der Waals surface area contributed by atoms with Gasteiger partial charge >= 0.3 is 5.97 Å². The molecule has 0 unspecified atom stereocenters. The van der Waals surface area contributed by atoms with E-state index in [4.69, 9.17) is 21.1 Å². The normalized spacial score (nSPS) is 15.8. The van der Waals surface area contributed by atoms with Crippen LogP contribution in [0, 0.1) is 30.6 Å². The van der Waals surface area contributed by atoms with Crippen LogP contribution in [0.2, 0.25) is 5.02 Å². The molecule has 0 bridgehead atoms. The molecule has 4 aromatic carbocycles. The quantitative estimate of drug-likeness (QED) is 0.0948. The number of aliphatic hydroxyl groups excluding tert-OH is 1. The second kappa shape index (κ2) is 17.1. The number of carboxylic acids is 1. The summed E-state index contributed by atoms with van der Waals surface area (Å²) in [5, 5.41) is 32.0. The second-order valence-electron chi connectivity index (χ2n) is 15.9. The molecule has 1 aliphatic heterocycles. The van der Waals surface area contributed by atoms with Gasteiger partial charge in [-0.3, -0.25) is 24.8 Å². The summed E-state index contributed by atoms with van der Waals surface area (Å²) < 4.78 is 12.5. The number of nitriles is 1. The van der Waals surface area contributed by atoms with E-state index in [-0.39, 0.29) is 25.2 Å². The van der Waals surface area contributed by atoms with E-state index in [9.17, 15) is 25.1 Å². The van der Waals surface area contributed by atoms with Crippen molar-refractivity contribution in [1.29, 1.82) is 5.26 Å². The molecule has 3 N–H and O–H groups in total. The summed E-state index contributed by atoms with van der Waals surface area (Å²) in [6.45, 7) is 8.28. The summed E-state index contributed by atoms with van der Waals surface area (Å²) in [5.74, 6) is -0.0190. The Kier molecular flexibility index (Phi) is 12.0. The average Bonchev–Trinajstić information content (AvgIpc) is 3.61. The molecule has 298 valence electrons. The average molecular weight is 799 g/mol. The number of ether oxygens (including phenoxy) is 2. The Morgan fingerprint density at radius 3 is 2.33 bits per heavy atom. The molecule has 2 fully saturated rings. The highest BCUT2D eigenvalue weighted by molar-refractivity contribution is 6.32. The maximum Gasteiger partial charge on any atom is 0.326 e. The summed E-state index contributed by atoms with van der Waals surface area (Å²) in [4.78, 5) is 30.3. The Bertz CT molecular complexity index is 2390. The number of carbonyl (C=O) groups excluding carboxylic acids is 1. The van der Waals surface area contributed by atoms with E-state index in [1.165, 1.54) is 29.8 Å². The van der Waals surface area contributed by atoms with Crippen LogP contribution in [-0.2, 0) is 35.9 Å². The van der Waals surface area contributed by atoms with Crippen molar-refractivity contribution in [2.75, 3.05) is 19.7 Å². The van der Waals surface area contributed by atoms with Gasteiger partial charge in [0.1, 0.15) is 42.1 Å². The van der Waals surface area contributed by atoms with Crippen molar-refractivity contribution in [3.05, 3.63) is 135 Å². The van der Waals surface area contributed by atoms with E-state index < -0.39 is 18.1 Å². The molecule has 1 saturated carbocycles. The fourth-order valence-corrected chi connectivity index (χ4v) is 8.34. The number of hydrogen-bond acceptors (Lipinski definition) is 9. The molecular formula is C47H47ClN4O6. The zero-order valence-electron chi connectivity index (χ0n) is 33.0. The minimum atomic E-state index is -1.59. The van der Waals surface area contributed by atoms with Crippen molar-refractivity contribution in [2.24, 2.45) is 5.41 Å². The number of carboxylic acid groups (broad SMARTS) is 1. The van der Waals surface area contributed by atoms with Gasteiger partial charge in [0, 0.05) is 74.0 Å². The third kappa shape index (κ3) is 8.79. The molecule has 58 heavy (non-hydrogen) atoms. The monoisotopic (exact) mass is 798 g/mol. The van der Waals surface area contributed by atoms with Crippen LogP contribution in [0.3, 0.4) is 0 Å². The van der Waals surface area contributed by atoms with Gasteiger partial charge in [-0.05, 0) is 83.8 Å². The first-order chi connectivity index (χ1) is 27.9. The number of ketones is 1. The molecule has 5 aromatic rings. The molecule has 1 spiro atoms. The van der Waals surface area contributed by atoms with Gasteiger partial charge in [-0.25, -0.2) is 0 Å². The topological polar surface area (TPSA) is 145 Å². The largest absolute Gasteiger partial charge is 0.488 e. The van der Waals surface area contributed by atoms with Crippen LogP contribution < -0.4 is 14.8 Å². The molecule has 1 aromatic heterocycles. The number of nitrogens with zero attached hydrogens (tertiary/aromatic N) is 3. The summed E-state index contributed by atoms with van der Waals surface area (Å²) in [5.41, 5.74) is 9.33. The lowest BCUT2D eigenvalue weighted by molar-refractivity contribution is -0.146. The molecule has 2 aliphatic rings. The molecule has 1 atom stereocenters. The van der Waals surface area contributed by atoms with Gasteiger partial charge in [-0.2, -0.15) is 5.26 Å². The molecule has 7 rings (SSSR count). The lowest BCUT2D eigenvalue weighted by Gasteiger charge is -2.48. The molecule has 0 amide bonds. The number of likely N-dealkylation sites (tertiary alicyclic amines) is 1. The van der Waals surface area contributed by atoms with E-state index in [0.717, 1.165) is 66.7 Å². The second-order valence-corrected chi connectivity index (χ2v) is 16.3. The van der Waals surface area contributed by atoms with Gasteiger partial charge in [0.2, 0.25) is 0 Å². The maximum atomic E-state index is 11.9. The smallest absolute Gasteiger partial charge is 0.326 e. The highest BCUT2D eigenvalue weighted by Gasteiger charge is 2.47. The van der Waals surface area contributed by atoms with E-state index in [1.807, 2.05) is 12.1 Å². The molecule has 2 heterocycles. The van der Waals surface area contributed by atoms with Crippen molar-refractivity contribution in [3.8, 4) is 39.8 Å². The number of halogens is 1. The molecule has 11 heteroatoms. The number of Topliss-reactive ketones (excluding diaryl/α,β-unsaturated/α-hetero) is 1. The van der Waals surface area contributed by atoms with Crippen molar-refractivity contribution >= 4 is 23.4 Å². The third-order valence-electron chi connectivity index (χ3n) is 11.6. The number of benzene rings is 4. The Hall–Kier alpha value is -5.57. The number of aliphatic hydroxyl groups is 1. The number of nitrogens with one attached hydrogen (secondary N) is 1. The van der Waals surface area contributed by atoms with E-state index in [0.29, 0.717) is 39.0 Å². The van der Waals surface area contributed by atoms with Crippen molar-refractivity contribution in [1.82, 2.24) is 15.2 Å². The number of aromatic nitrogens is 1. The summed E-state index contributed by atoms with van der Waals surface area (Å²) in [6.07, 6.45) is 5.60. The number of pyridine rings is 1. The van der Waals surface area contributed by atoms with Crippen LogP contribution in [0.4, 0.5) is 0 Å². The summed E-state index contributed by atoms with van der Waals surface area (Å²) >= 11 is 6.78. The number of aliphatic carboxylic acids is 1. The van der Waals surface area contributed by atoms with Crippen molar-refractivity contribution in [3.63, 3.8) is 0 Å². The first-order valence-corrected chi connectivity index (χ1v) is 19.8. The van der Waals surface area contributed by atoms with Crippen LogP contribution in [0.15, 0.2) is 91.3 Å². The molecular weight excluding hydrogens is 752 g/mol. The SMILES string of the molecule is Cc1c(COc2cc(OCc3cncc(C#N)c3)c(CN[C@@](C)(CO)C(=O)O)cc2Cl)cccc1-c1cccc(-c2ccc(CN3CC4(CCC(=O)C4)C3)cc2)c1C. The van der Waals surface area contributed by atoms with Crippen LogP contribution in [0.5, 0.6) is 11.5 Å². The maximum absolute atomic E-state index is 11.9. The lowest BCUT2D eigenvalue weighted by Crippen LogP contribution is -2.54. The van der Waals surface area contributed by atoms with Crippen LogP contribution in [0.1, 0.15) is 65.1 Å². The Balaban J connectivity index is 1.07.